The van der Waals surface area contributed by atoms with Gasteiger partial charge >= 0.3 is 6.09 Å². The van der Waals surface area contributed by atoms with E-state index in [0.717, 1.165) is 68.9 Å². The van der Waals surface area contributed by atoms with Crippen LogP contribution in [0.15, 0.2) is 12.3 Å². The van der Waals surface area contributed by atoms with Crippen molar-refractivity contribution in [2.75, 3.05) is 33.2 Å². The maximum Gasteiger partial charge on any atom is 0.410 e. The number of H-pyrrole nitrogens is 1. The minimum absolute atomic E-state index is 0.207. The number of ether oxygens (including phenoxy) is 1. The number of aromatic amines is 1. The Hall–Kier alpha value is -2.15. The molecule has 2 aromatic heterocycles. The van der Waals surface area contributed by atoms with Crippen molar-refractivity contribution >= 4 is 17.3 Å². The summed E-state index contributed by atoms with van der Waals surface area (Å²) in [6, 6.07) is 2.12. The minimum Gasteiger partial charge on any atom is -0.444 e. The molecule has 0 aromatic carbocycles. The number of hydrogen-bond donors (Lipinski definition) is 1. The van der Waals surface area contributed by atoms with Gasteiger partial charge in [-0.25, -0.2) is 14.8 Å². The maximum atomic E-state index is 12.3. The van der Waals surface area contributed by atoms with Crippen LogP contribution in [0.5, 0.6) is 0 Å². The van der Waals surface area contributed by atoms with Crippen molar-refractivity contribution in [2.24, 2.45) is 0 Å². The van der Waals surface area contributed by atoms with Crippen LogP contribution < -0.4 is 0 Å². The van der Waals surface area contributed by atoms with E-state index in [-0.39, 0.29) is 6.09 Å². The first-order valence-corrected chi connectivity index (χ1v) is 10.8. The number of pyridine rings is 1. The van der Waals surface area contributed by atoms with Crippen LogP contribution in [0.2, 0.25) is 0 Å². The lowest BCUT2D eigenvalue weighted by Gasteiger charge is -2.33. The molecule has 0 bridgehead atoms. The number of carbonyl (C=O) groups is 1. The number of carbonyl (C=O) groups excluding carboxylic acids is 1. The highest BCUT2D eigenvalue weighted by Crippen LogP contribution is 2.34. The largest absolute Gasteiger partial charge is 0.444 e. The van der Waals surface area contributed by atoms with Crippen LogP contribution in [-0.2, 0) is 4.74 Å². The zero-order valence-electron chi connectivity index (χ0n) is 18.1. The molecule has 0 unspecified atom stereocenters. The van der Waals surface area contributed by atoms with Crippen LogP contribution in [0.1, 0.15) is 69.7 Å². The first kappa shape index (κ1) is 20.1. The molecule has 2 aliphatic heterocycles. The monoisotopic (exact) mass is 399 g/mol. The SMILES string of the molecule is CN1CCC(c2nc3nccc(C4CCN(C(=O)OC(C)(C)C)CC4)c3[nH]2)CC1. The summed E-state index contributed by atoms with van der Waals surface area (Å²) < 4.78 is 5.52. The third-order valence-corrected chi connectivity index (χ3v) is 6.13. The Morgan fingerprint density at radius 2 is 1.76 bits per heavy atom. The fourth-order valence-electron chi connectivity index (χ4n) is 4.46. The summed E-state index contributed by atoms with van der Waals surface area (Å²) in [6.45, 7) is 9.40. The average Bonchev–Trinajstić information content (AvgIpc) is 3.11. The lowest BCUT2D eigenvalue weighted by molar-refractivity contribution is 0.0205. The van der Waals surface area contributed by atoms with E-state index in [2.05, 4.69) is 28.0 Å². The van der Waals surface area contributed by atoms with E-state index in [1.807, 2.05) is 31.9 Å². The number of rotatable bonds is 2. The van der Waals surface area contributed by atoms with Crippen LogP contribution in [0, 0.1) is 0 Å². The summed E-state index contributed by atoms with van der Waals surface area (Å²) in [4.78, 5) is 29.5. The van der Waals surface area contributed by atoms with Crippen LogP contribution in [0.4, 0.5) is 4.79 Å². The summed E-state index contributed by atoms with van der Waals surface area (Å²) in [5.74, 6) is 1.98. The molecule has 0 saturated carbocycles. The number of hydrogen-bond acceptors (Lipinski definition) is 5. The highest BCUT2D eigenvalue weighted by Gasteiger charge is 2.29. The number of fused-ring (bicyclic) bond motifs is 1. The van der Waals surface area contributed by atoms with Gasteiger partial charge in [-0.3, -0.25) is 0 Å². The van der Waals surface area contributed by atoms with E-state index >= 15 is 0 Å². The van der Waals surface area contributed by atoms with E-state index in [4.69, 9.17) is 9.72 Å². The topological polar surface area (TPSA) is 74.3 Å². The fraction of sp³-hybridized carbons (Fsp3) is 0.682. The Bertz CT molecular complexity index is 856. The molecular formula is C22H33N5O2. The van der Waals surface area contributed by atoms with Crippen LogP contribution in [-0.4, -0.2) is 69.7 Å². The van der Waals surface area contributed by atoms with E-state index in [0.29, 0.717) is 11.8 Å². The first-order valence-electron chi connectivity index (χ1n) is 10.8. The van der Waals surface area contributed by atoms with Gasteiger partial charge in [0.25, 0.3) is 0 Å². The van der Waals surface area contributed by atoms with Crippen molar-refractivity contribution in [3.8, 4) is 0 Å². The summed E-state index contributed by atoms with van der Waals surface area (Å²) in [7, 11) is 2.18. The molecule has 29 heavy (non-hydrogen) atoms. The molecule has 0 atom stereocenters. The Kier molecular flexibility index (Phi) is 5.51. The van der Waals surface area contributed by atoms with Gasteiger partial charge in [0.05, 0.1) is 5.52 Å². The van der Waals surface area contributed by atoms with Gasteiger partial charge in [0, 0.05) is 25.2 Å². The molecule has 1 N–H and O–H groups in total. The number of nitrogens with one attached hydrogen (secondary N) is 1. The van der Waals surface area contributed by atoms with Crippen molar-refractivity contribution in [1.82, 2.24) is 24.8 Å². The molecular weight excluding hydrogens is 366 g/mol. The molecule has 7 nitrogen and oxygen atoms in total. The van der Waals surface area contributed by atoms with Gasteiger partial charge in [-0.1, -0.05) is 0 Å². The smallest absolute Gasteiger partial charge is 0.410 e. The van der Waals surface area contributed by atoms with E-state index in [1.165, 1.54) is 5.56 Å². The van der Waals surface area contributed by atoms with E-state index in [9.17, 15) is 4.79 Å². The van der Waals surface area contributed by atoms with Crippen LogP contribution in [0.25, 0.3) is 11.2 Å². The Morgan fingerprint density at radius 3 is 2.41 bits per heavy atom. The summed E-state index contributed by atoms with van der Waals surface area (Å²) in [5.41, 5.74) is 2.74. The van der Waals surface area contributed by atoms with Gasteiger partial charge in [0.2, 0.25) is 0 Å². The summed E-state index contributed by atoms with van der Waals surface area (Å²) in [6.07, 6.45) is 5.81. The number of likely N-dealkylation sites (tertiary alicyclic amines) is 2. The van der Waals surface area contributed by atoms with E-state index in [1.54, 1.807) is 0 Å². The normalized spacial score (nSPS) is 20.3. The van der Waals surface area contributed by atoms with Gasteiger partial charge in [-0.05, 0) is 84.1 Å². The molecule has 2 aromatic rings. The highest BCUT2D eigenvalue weighted by molar-refractivity contribution is 5.75. The lowest BCUT2D eigenvalue weighted by atomic mass is 9.89. The number of nitrogens with zero attached hydrogens (tertiary/aromatic N) is 4. The Balaban J connectivity index is 1.47. The predicted octanol–water partition coefficient (Wildman–Crippen LogP) is 3.88. The quantitative estimate of drug-likeness (QED) is 0.829. The van der Waals surface area contributed by atoms with Crippen molar-refractivity contribution in [2.45, 2.75) is 63.9 Å². The third-order valence-electron chi connectivity index (χ3n) is 6.13. The third kappa shape index (κ3) is 4.55. The first-order chi connectivity index (χ1) is 13.8. The highest BCUT2D eigenvalue weighted by atomic mass is 16.6. The minimum atomic E-state index is -0.453. The molecule has 7 heteroatoms. The number of piperidine rings is 2. The zero-order valence-corrected chi connectivity index (χ0v) is 18.1. The molecule has 4 rings (SSSR count). The molecule has 158 valence electrons. The van der Waals surface area contributed by atoms with Gasteiger partial charge in [-0.2, -0.15) is 0 Å². The standard InChI is InChI=1S/C22H33N5O2/c1-22(2,3)29-21(28)27-13-8-15(9-14-27)17-5-10-23-20-18(17)24-19(25-20)16-6-11-26(4)12-7-16/h5,10,15-16H,6-9,11-14H2,1-4H3,(H,23,24,25). The van der Waals surface area contributed by atoms with Crippen LogP contribution >= 0.6 is 0 Å². The van der Waals surface area contributed by atoms with Crippen molar-refractivity contribution in [1.29, 1.82) is 0 Å². The lowest BCUT2D eigenvalue weighted by Crippen LogP contribution is -2.41. The summed E-state index contributed by atoms with van der Waals surface area (Å²) >= 11 is 0. The average molecular weight is 400 g/mol. The second kappa shape index (κ2) is 7.94. The second-order valence-electron chi connectivity index (χ2n) is 9.54. The second-order valence-corrected chi connectivity index (χ2v) is 9.54. The molecule has 2 saturated heterocycles. The van der Waals surface area contributed by atoms with Crippen molar-refractivity contribution in [3.05, 3.63) is 23.7 Å². The van der Waals surface area contributed by atoms with Gasteiger partial charge < -0.3 is 19.5 Å². The van der Waals surface area contributed by atoms with Crippen molar-refractivity contribution < 1.29 is 9.53 Å². The van der Waals surface area contributed by atoms with Gasteiger partial charge in [-0.15, -0.1) is 0 Å². The van der Waals surface area contributed by atoms with Gasteiger partial charge in [0.1, 0.15) is 11.4 Å². The number of amides is 1. The van der Waals surface area contributed by atoms with Gasteiger partial charge in [0.15, 0.2) is 5.65 Å². The molecule has 4 heterocycles. The molecule has 0 radical (unpaired) electrons. The molecule has 0 spiro atoms. The fourth-order valence-corrected chi connectivity index (χ4v) is 4.46. The van der Waals surface area contributed by atoms with Crippen molar-refractivity contribution in [3.63, 3.8) is 0 Å². The Morgan fingerprint density at radius 1 is 1.10 bits per heavy atom. The maximum absolute atomic E-state index is 12.3. The molecule has 2 fully saturated rings. The molecule has 1 amide bonds. The summed E-state index contributed by atoms with van der Waals surface area (Å²) in [5, 5.41) is 0. The zero-order chi connectivity index (χ0) is 20.6. The Labute approximate surface area is 172 Å². The predicted molar refractivity (Wildman–Crippen MR) is 113 cm³/mol. The van der Waals surface area contributed by atoms with Crippen LogP contribution in [0.3, 0.4) is 0 Å². The molecule has 0 aliphatic carbocycles. The number of imidazole rings is 1. The number of aromatic nitrogens is 3. The van der Waals surface area contributed by atoms with E-state index < -0.39 is 5.60 Å². The molecule has 2 aliphatic rings.